The third kappa shape index (κ3) is 5.19. The van der Waals surface area contributed by atoms with E-state index in [4.69, 9.17) is 4.74 Å². The molecule has 1 heterocycles. The molecule has 1 atom stereocenters. The van der Waals surface area contributed by atoms with Crippen molar-refractivity contribution in [2.24, 2.45) is 0 Å². The van der Waals surface area contributed by atoms with E-state index in [1.54, 1.807) is 20.8 Å². The van der Waals surface area contributed by atoms with Crippen molar-refractivity contribution in [1.82, 2.24) is 10.3 Å². The molecule has 2 aromatic rings. The molecule has 130 valence electrons. The maximum atomic E-state index is 12.1. The third-order valence-corrected chi connectivity index (χ3v) is 4.31. The van der Waals surface area contributed by atoms with Gasteiger partial charge in [-0.2, -0.15) is 0 Å². The molecule has 1 aromatic carbocycles. The highest BCUT2D eigenvalue weighted by molar-refractivity contribution is 7.18. The van der Waals surface area contributed by atoms with E-state index >= 15 is 0 Å². The number of hydrogen-bond donors (Lipinski definition) is 1. The zero-order chi connectivity index (χ0) is 17.7. The molecule has 0 spiro atoms. The van der Waals surface area contributed by atoms with Gasteiger partial charge in [0.2, 0.25) is 0 Å². The Hall–Kier alpha value is -2.15. The van der Waals surface area contributed by atoms with Crippen LogP contribution >= 0.6 is 11.3 Å². The molecule has 7 heteroatoms. The van der Waals surface area contributed by atoms with Crippen molar-refractivity contribution in [1.29, 1.82) is 0 Å². The van der Waals surface area contributed by atoms with Crippen LogP contribution in [0.5, 0.6) is 0 Å². The summed E-state index contributed by atoms with van der Waals surface area (Å²) in [6.45, 7) is 5.40. The van der Waals surface area contributed by atoms with E-state index in [-0.39, 0.29) is 12.4 Å². The van der Waals surface area contributed by atoms with Gasteiger partial charge in [0, 0.05) is 6.42 Å². The number of nitrogens with zero attached hydrogens (tertiary/aromatic N) is 1. The van der Waals surface area contributed by atoms with E-state index in [2.05, 4.69) is 15.0 Å². The van der Waals surface area contributed by atoms with Crippen LogP contribution in [0, 0.1) is 0 Å². The first-order valence-electron chi connectivity index (χ1n) is 7.70. The lowest BCUT2D eigenvalue weighted by Crippen LogP contribution is -2.35. The zero-order valence-electron chi connectivity index (χ0n) is 14.3. The zero-order valence-corrected chi connectivity index (χ0v) is 15.1. The summed E-state index contributed by atoms with van der Waals surface area (Å²) in [6, 6.07) is 7.34. The highest BCUT2D eigenvalue weighted by atomic mass is 32.1. The number of alkyl carbamates (subject to hydrolysis) is 1. The van der Waals surface area contributed by atoms with E-state index in [0.29, 0.717) is 6.42 Å². The van der Waals surface area contributed by atoms with Crippen molar-refractivity contribution >= 4 is 33.6 Å². The van der Waals surface area contributed by atoms with Crippen LogP contribution in [0.25, 0.3) is 10.2 Å². The summed E-state index contributed by atoms with van der Waals surface area (Å²) in [5, 5.41) is 3.55. The second-order valence-electron chi connectivity index (χ2n) is 6.33. The highest BCUT2D eigenvalue weighted by Crippen LogP contribution is 2.29. The average molecular weight is 350 g/mol. The Labute approximate surface area is 145 Å². The van der Waals surface area contributed by atoms with E-state index in [0.717, 1.165) is 15.2 Å². The average Bonchev–Trinajstić information content (AvgIpc) is 2.93. The minimum Gasteiger partial charge on any atom is -0.469 e. The van der Waals surface area contributed by atoms with Gasteiger partial charge in [0.1, 0.15) is 10.6 Å². The van der Waals surface area contributed by atoms with Crippen LogP contribution in [-0.4, -0.2) is 29.8 Å². The molecule has 1 unspecified atom stereocenters. The number of thiazole rings is 1. The number of esters is 1. The first kappa shape index (κ1) is 18.2. The Balaban J connectivity index is 2.18. The minimum atomic E-state index is -0.593. The Kier molecular flexibility index (Phi) is 5.77. The Bertz CT molecular complexity index is 688. The van der Waals surface area contributed by atoms with Gasteiger partial charge in [-0.05, 0) is 39.3 Å². The van der Waals surface area contributed by atoms with E-state index in [1.807, 2.05) is 24.3 Å². The summed E-state index contributed by atoms with van der Waals surface area (Å²) in [7, 11) is 1.34. The first-order valence-corrected chi connectivity index (χ1v) is 8.52. The number of aromatic nitrogens is 1. The number of nitrogens with one attached hydrogen (secondary N) is 1. The van der Waals surface area contributed by atoms with Gasteiger partial charge < -0.3 is 14.8 Å². The molecule has 2 rings (SSSR count). The van der Waals surface area contributed by atoms with Gasteiger partial charge in [0.15, 0.2) is 0 Å². The molecule has 1 amide bonds. The quantitative estimate of drug-likeness (QED) is 0.830. The van der Waals surface area contributed by atoms with Crippen LogP contribution in [-0.2, 0) is 14.3 Å². The summed E-state index contributed by atoms with van der Waals surface area (Å²) < 4.78 is 11.0. The third-order valence-electron chi connectivity index (χ3n) is 3.16. The van der Waals surface area contributed by atoms with Gasteiger partial charge >= 0.3 is 12.1 Å². The van der Waals surface area contributed by atoms with Gasteiger partial charge in [0.25, 0.3) is 0 Å². The van der Waals surface area contributed by atoms with Crippen LogP contribution in [0.15, 0.2) is 24.3 Å². The number of fused-ring (bicyclic) bond motifs is 1. The fourth-order valence-corrected chi connectivity index (χ4v) is 3.16. The summed E-state index contributed by atoms with van der Waals surface area (Å²) in [4.78, 5) is 28.1. The number of hydrogen-bond acceptors (Lipinski definition) is 6. The van der Waals surface area contributed by atoms with E-state index in [1.165, 1.54) is 18.4 Å². The maximum absolute atomic E-state index is 12.1. The van der Waals surface area contributed by atoms with Crippen LogP contribution in [0.4, 0.5) is 4.79 Å². The fraction of sp³-hybridized carbons (Fsp3) is 0.471. The van der Waals surface area contributed by atoms with Crippen molar-refractivity contribution in [2.75, 3.05) is 7.11 Å². The van der Waals surface area contributed by atoms with E-state index < -0.39 is 17.7 Å². The normalized spacial score (nSPS) is 12.7. The van der Waals surface area contributed by atoms with Gasteiger partial charge in [-0.25, -0.2) is 9.78 Å². The predicted octanol–water partition coefficient (Wildman–Crippen LogP) is 3.82. The number of rotatable bonds is 5. The number of carbonyl (C=O) groups is 2. The van der Waals surface area contributed by atoms with Crippen molar-refractivity contribution in [2.45, 2.75) is 45.3 Å². The summed E-state index contributed by atoms with van der Waals surface area (Å²) in [5.74, 6) is -0.327. The van der Waals surface area contributed by atoms with Crippen molar-refractivity contribution in [3.8, 4) is 0 Å². The Morgan fingerprint density at radius 3 is 2.62 bits per heavy atom. The molecule has 0 aliphatic carbocycles. The fourth-order valence-electron chi connectivity index (χ4n) is 2.11. The molecule has 1 aromatic heterocycles. The lowest BCUT2D eigenvalue weighted by Gasteiger charge is -2.22. The second kappa shape index (κ2) is 7.61. The lowest BCUT2D eigenvalue weighted by atomic mass is 10.1. The van der Waals surface area contributed by atoms with Crippen LogP contribution < -0.4 is 5.32 Å². The van der Waals surface area contributed by atoms with Crippen molar-refractivity contribution in [3.05, 3.63) is 29.3 Å². The number of amides is 1. The molecule has 6 nitrogen and oxygen atoms in total. The molecule has 0 fully saturated rings. The number of methoxy groups -OCH3 is 1. The Morgan fingerprint density at radius 1 is 1.29 bits per heavy atom. The van der Waals surface area contributed by atoms with Crippen LogP contribution in [0.1, 0.15) is 44.7 Å². The molecule has 1 N–H and O–H groups in total. The smallest absolute Gasteiger partial charge is 0.408 e. The first-order chi connectivity index (χ1) is 11.3. The standard InChI is InChI=1S/C17H22N2O4S/c1-17(2,3)23-16(21)19-12(9-10-14(20)22-4)15-18-11-7-5-6-8-13(11)24-15/h5-8,12H,9-10H2,1-4H3,(H,19,21). The Morgan fingerprint density at radius 2 is 2.00 bits per heavy atom. The van der Waals surface area contributed by atoms with Crippen LogP contribution in [0.2, 0.25) is 0 Å². The van der Waals surface area contributed by atoms with E-state index in [9.17, 15) is 9.59 Å². The van der Waals surface area contributed by atoms with Gasteiger partial charge in [0.05, 0.1) is 23.4 Å². The number of para-hydroxylation sites is 1. The van der Waals surface area contributed by atoms with Crippen molar-refractivity contribution < 1.29 is 19.1 Å². The lowest BCUT2D eigenvalue weighted by molar-refractivity contribution is -0.140. The minimum absolute atomic E-state index is 0.187. The van der Waals surface area contributed by atoms with Gasteiger partial charge in [-0.3, -0.25) is 4.79 Å². The molecular formula is C17H22N2O4S. The topological polar surface area (TPSA) is 77.5 Å². The molecule has 0 aliphatic heterocycles. The molecule has 0 saturated heterocycles. The number of ether oxygens (including phenoxy) is 2. The van der Waals surface area contributed by atoms with Crippen LogP contribution in [0.3, 0.4) is 0 Å². The molecule has 0 saturated carbocycles. The van der Waals surface area contributed by atoms with Crippen molar-refractivity contribution in [3.63, 3.8) is 0 Å². The second-order valence-corrected chi connectivity index (χ2v) is 7.40. The maximum Gasteiger partial charge on any atom is 0.408 e. The number of benzene rings is 1. The monoisotopic (exact) mass is 350 g/mol. The predicted molar refractivity (Wildman–Crippen MR) is 93.0 cm³/mol. The largest absolute Gasteiger partial charge is 0.469 e. The van der Waals surface area contributed by atoms with Gasteiger partial charge in [-0.15, -0.1) is 11.3 Å². The summed E-state index contributed by atoms with van der Waals surface area (Å²) in [6.07, 6.45) is 0.0511. The molecule has 24 heavy (non-hydrogen) atoms. The van der Waals surface area contributed by atoms with Gasteiger partial charge in [-0.1, -0.05) is 12.1 Å². The molecular weight excluding hydrogens is 328 g/mol. The number of carbonyl (C=O) groups excluding carboxylic acids is 2. The summed E-state index contributed by atoms with van der Waals surface area (Å²) >= 11 is 1.49. The summed E-state index contributed by atoms with van der Waals surface area (Å²) in [5.41, 5.74) is 0.274. The molecule has 0 aliphatic rings. The SMILES string of the molecule is COC(=O)CCC(NC(=O)OC(C)(C)C)c1nc2ccccc2s1. The highest BCUT2D eigenvalue weighted by Gasteiger charge is 2.23. The molecule has 0 bridgehead atoms. The molecule has 0 radical (unpaired) electrons.